The third-order valence-corrected chi connectivity index (χ3v) is 6.64. The molecule has 0 unspecified atom stereocenters. The Kier molecular flexibility index (Phi) is 7.16. The number of aromatic nitrogens is 2. The maximum atomic E-state index is 13.5. The molecule has 198 valence electrons. The molecule has 0 radical (unpaired) electrons. The van der Waals surface area contributed by atoms with Crippen LogP contribution in [0, 0.1) is 10.1 Å². The lowest BCUT2D eigenvalue weighted by atomic mass is 10.1. The molecule has 0 saturated carbocycles. The summed E-state index contributed by atoms with van der Waals surface area (Å²) in [6.45, 7) is 3.73. The predicted molar refractivity (Wildman–Crippen MR) is 152 cm³/mol. The molecule has 2 aromatic heterocycles. The van der Waals surface area contributed by atoms with Crippen LogP contribution < -0.4 is 15.0 Å². The molecular weight excluding hydrogens is 568 g/mol. The molecule has 1 atom stereocenters. The number of nitro groups is 1. The van der Waals surface area contributed by atoms with Gasteiger partial charge in [-0.25, -0.2) is 4.98 Å². The third-order valence-electron chi connectivity index (χ3n) is 6.14. The van der Waals surface area contributed by atoms with Crippen LogP contribution in [0.4, 0.5) is 5.69 Å². The normalized spacial score (nSPS) is 12.3. The van der Waals surface area contributed by atoms with E-state index in [0.29, 0.717) is 34.2 Å². The van der Waals surface area contributed by atoms with E-state index in [2.05, 4.69) is 26.0 Å². The predicted octanol–water partition coefficient (Wildman–Crippen LogP) is 6.55. The first-order chi connectivity index (χ1) is 18.8. The largest absolute Gasteiger partial charge is 0.493 e. The number of fused-ring (bicyclic) bond motifs is 2. The summed E-state index contributed by atoms with van der Waals surface area (Å²) in [6, 6.07) is 17.1. The van der Waals surface area contributed by atoms with E-state index in [4.69, 9.17) is 13.9 Å². The van der Waals surface area contributed by atoms with Crippen LogP contribution in [0.5, 0.6) is 11.5 Å². The number of nitro benzene ring substituents is 1. The van der Waals surface area contributed by atoms with Crippen LogP contribution in [0.2, 0.25) is 0 Å². The van der Waals surface area contributed by atoms with Crippen molar-refractivity contribution in [1.82, 2.24) is 9.66 Å². The number of nitrogens with zero attached hydrogens (tertiary/aromatic N) is 4. The number of methoxy groups -OCH3 is 1. The number of hydrogen-bond donors (Lipinski definition) is 0. The number of para-hydroxylation sites is 1. The molecule has 0 amide bonds. The fourth-order valence-electron chi connectivity index (χ4n) is 4.01. The van der Waals surface area contributed by atoms with Gasteiger partial charge in [-0.1, -0.05) is 35.0 Å². The van der Waals surface area contributed by atoms with Crippen LogP contribution in [-0.4, -0.2) is 34.0 Å². The standard InChI is InChI=1S/C28H23BrN4O6/c1-4-16(2)38-26-22(33(35)36)11-17(12-24(26)37-3)15-30-32-27(31-21-8-6-5-7-20(21)28(32)34)25-14-18-13-19(29)9-10-23(18)39-25/h5-16H,4H2,1-3H3/t16-/m1/s1. The van der Waals surface area contributed by atoms with E-state index in [1.165, 1.54) is 19.4 Å². The summed E-state index contributed by atoms with van der Waals surface area (Å²) in [5, 5.41) is 17.5. The molecule has 5 rings (SSSR count). The van der Waals surface area contributed by atoms with Crippen molar-refractivity contribution in [3.05, 3.63) is 91.2 Å². The van der Waals surface area contributed by atoms with Crippen molar-refractivity contribution in [3.63, 3.8) is 0 Å². The van der Waals surface area contributed by atoms with Crippen LogP contribution in [0.1, 0.15) is 25.8 Å². The van der Waals surface area contributed by atoms with Crippen LogP contribution in [0.3, 0.4) is 0 Å². The minimum absolute atomic E-state index is 0.0349. The Balaban J connectivity index is 1.67. The van der Waals surface area contributed by atoms with E-state index in [-0.39, 0.29) is 29.1 Å². The Morgan fingerprint density at radius 3 is 2.74 bits per heavy atom. The number of hydrogen-bond acceptors (Lipinski definition) is 8. The lowest BCUT2D eigenvalue weighted by molar-refractivity contribution is -0.386. The molecule has 0 aliphatic carbocycles. The number of benzene rings is 3. The van der Waals surface area contributed by atoms with Gasteiger partial charge in [0.2, 0.25) is 11.6 Å². The Hall–Kier alpha value is -4.51. The molecule has 0 aliphatic heterocycles. The molecule has 0 N–H and O–H groups in total. The van der Waals surface area contributed by atoms with Crippen LogP contribution in [0.15, 0.2) is 79.4 Å². The number of furan rings is 1. The smallest absolute Gasteiger partial charge is 0.315 e. The van der Waals surface area contributed by atoms with Gasteiger partial charge in [0, 0.05) is 21.5 Å². The van der Waals surface area contributed by atoms with E-state index < -0.39 is 10.5 Å². The second-order valence-corrected chi connectivity index (χ2v) is 9.69. The zero-order valence-electron chi connectivity index (χ0n) is 21.3. The van der Waals surface area contributed by atoms with E-state index in [9.17, 15) is 14.9 Å². The first-order valence-electron chi connectivity index (χ1n) is 12.1. The van der Waals surface area contributed by atoms with Crippen molar-refractivity contribution in [1.29, 1.82) is 0 Å². The van der Waals surface area contributed by atoms with Gasteiger partial charge in [0.05, 0.1) is 35.3 Å². The molecule has 0 spiro atoms. The van der Waals surface area contributed by atoms with E-state index in [1.807, 2.05) is 32.0 Å². The summed E-state index contributed by atoms with van der Waals surface area (Å²) in [7, 11) is 1.40. The molecule has 11 heteroatoms. The van der Waals surface area contributed by atoms with E-state index in [0.717, 1.165) is 14.5 Å². The van der Waals surface area contributed by atoms with Gasteiger partial charge in [0.1, 0.15) is 5.58 Å². The van der Waals surface area contributed by atoms with Crippen molar-refractivity contribution < 1.29 is 18.8 Å². The van der Waals surface area contributed by atoms with Gasteiger partial charge in [0.25, 0.3) is 5.56 Å². The van der Waals surface area contributed by atoms with E-state index in [1.54, 1.807) is 36.4 Å². The zero-order chi connectivity index (χ0) is 27.7. The molecular formula is C28H23BrN4O6. The molecule has 2 heterocycles. The maximum absolute atomic E-state index is 13.5. The summed E-state index contributed by atoms with van der Waals surface area (Å²) in [6.07, 6.45) is 1.73. The molecule has 0 fully saturated rings. The topological polar surface area (TPSA) is 122 Å². The van der Waals surface area contributed by atoms with Crippen molar-refractivity contribution in [2.24, 2.45) is 5.10 Å². The number of rotatable bonds is 8. The second kappa shape index (κ2) is 10.7. The Bertz CT molecular complexity index is 1810. The average molecular weight is 591 g/mol. The fraction of sp³-hybridized carbons (Fsp3) is 0.179. The highest BCUT2D eigenvalue weighted by molar-refractivity contribution is 9.10. The number of ether oxygens (including phenoxy) is 2. The highest BCUT2D eigenvalue weighted by Gasteiger charge is 2.24. The second-order valence-electron chi connectivity index (χ2n) is 8.77. The molecule has 3 aromatic carbocycles. The molecule has 0 saturated heterocycles. The molecule has 0 bridgehead atoms. The summed E-state index contributed by atoms with van der Waals surface area (Å²) < 4.78 is 19.2. The minimum atomic E-state index is -0.542. The van der Waals surface area contributed by atoms with Gasteiger partial charge in [-0.15, -0.1) is 0 Å². The average Bonchev–Trinajstić information content (AvgIpc) is 3.35. The lowest BCUT2D eigenvalue weighted by Crippen LogP contribution is -2.20. The van der Waals surface area contributed by atoms with Gasteiger partial charge in [-0.05, 0) is 55.8 Å². The molecule has 10 nitrogen and oxygen atoms in total. The maximum Gasteiger partial charge on any atom is 0.315 e. The van der Waals surface area contributed by atoms with Gasteiger partial charge >= 0.3 is 5.69 Å². The number of halogens is 1. The van der Waals surface area contributed by atoms with Crippen molar-refractivity contribution in [3.8, 4) is 23.1 Å². The first-order valence-corrected chi connectivity index (χ1v) is 12.9. The van der Waals surface area contributed by atoms with Gasteiger partial charge in [0.15, 0.2) is 11.5 Å². The van der Waals surface area contributed by atoms with Gasteiger partial charge in [-0.2, -0.15) is 9.78 Å². The lowest BCUT2D eigenvalue weighted by Gasteiger charge is -2.16. The monoisotopic (exact) mass is 590 g/mol. The van der Waals surface area contributed by atoms with Crippen molar-refractivity contribution in [2.45, 2.75) is 26.4 Å². The Morgan fingerprint density at radius 1 is 1.21 bits per heavy atom. The summed E-state index contributed by atoms with van der Waals surface area (Å²) >= 11 is 3.45. The van der Waals surface area contributed by atoms with Crippen molar-refractivity contribution in [2.75, 3.05) is 7.11 Å². The summed E-state index contributed by atoms with van der Waals surface area (Å²) in [5.74, 6) is 0.732. The van der Waals surface area contributed by atoms with Crippen molar-refractivity contribution >= 4 is 49.7 Å². The van der Waals surface area contributed by atoms with Crippen LogP contribution in [0.25, 0.3) is 33.5 Å². The quantitative estimate of drug-likeness (QED) is 0.114. The molecule has 39 heavy (non-hydrogen) atoms. The third kappa shape index (κ3) is 5.13. The molecule has 5 aromatic rings. The zero-order valence-corrected chi connectivity index (χ0v) is 22.8. The fourth-order valence-corrected chi connectivity index (χ4v) is 4.39. The Morgan fingerprint density at radius 2 is 2.00 bits per heavy atom. The summed E-state index contributed by atoms with van der Waals surface area (Å²) in [5.41, 5.74) is 0.724. The van der Waals surface area contributed by atoms with Crippen LogP contribution in [-0.2, 0) is 0 Å². The minimum Gasteiger partial charge on any atom is -0.493 e. The first kappa shape index (κ1) is 26.1. The Labute approximate surface area is 230 Å². The van der Waals surface area contributed by atoms with Crippen LogP contribution >= 0.6 is 15.9 Å². The SMILES string of the molecule is CC[C@@H](C)Oc1c(OC)cc(C=Nn2c(-c3cc4cc(Br)ccc4o3)nc3ccccc3c2=O)cc1[N+](=O)[O-]. The highest BCUT2D eigenvalue weighted by atomic mass is 79.9. The van der Waals surface area contributed by atoms with E-state index >= 15 is 0 Å². The highest BCUT2D eigenvalue weighted by Crippen LogP contribution is 2.39. The van der Waals surface area contributed by atoms with Gasteiger partial charge < -0.3 is 13.9 Å². The molecule has 0 aliphatic rings. The summed E-state index contributed by atoms with van der Waals surface area (Å²) in [4.78, 5) is 29.5. The van der Waals surface area contributed by atoms with Gasteiger partial charge in [-0.3, -0.25) is 14.9 Å².